The number of unbranched alkanes of at least 4 members (excludes halogenated alkanes) is 4. The van der Waals surface area contributed by atoms with E-state index in [1.165, 1.54) is 56.6 Å². The third-order valence-electron chi connectivity index (χ3n) is 5.97. The van der Waals surface area contributed by atoms with Crippen LogP contribution in [0.3, 0.4) is 0 Å². The zero-order chi connectivity index (χ0) is 23.5. The lowest BCUT2D eigenvalue weighted by Crippen LogP contribution is -2.11. The van der Waals surface area contributed by atoms with Gasteiger partial charge in [-0.25, -0.2) is 0 Å². The van der Waals surface area contributed by atoms with E-state index in [1.54, 1.807) is 0 Å². The fraction of sp³-hybridized carbons (Fsp3) is 0.367. The summed E-state index contributed by atoms with van der Waals surface area (Å²) < 4.78 is 6.32. The Balaban J connectivity index is 2.05. The van der Waals surface area contributed by atoms with Crippen molar-refractivity contribution in [3.05, 3.63) is 90.0 Å². The van der Waals surface area contributed by atoms with Crippen molar-refractivity contribution in [2.75, 3.05) is 0 Å². The van der Waals surface area contributed by atoms with Crippen molar-refractivity contribution in [2.24, 2.45) is 0 Å². The number of carbonyl (C=O) groups is 1. The lowest BCUT2D eigenvalue weighted by Gasteiger charge is -2.39. The van der Waals surface area contributed by atoms with Gasteiger partial charge >= 0.3 is 5.97 Å². The van der Waals surface area contributed by atoms with E-state index in [1.807, 2.05) is 18.2 Å². The summed E-state index contributed by atoms with van der Waals surface area (Å²) in [7, 11) is -2.17. The minimum atomic E-state index is -2.17. The monoisotopic (exact) mass is 462 g/mol. The van der Waals surface area contributed by atoms with Crippen molar-refractivity contribution in [1.82, 2.24) is 0 Å². The fourth-order valence-electron chi connectivity index (χ4n) is 4.19. The Bertz CT molecular complexity index is 925. The van der Waals surface area contributed by atoms with E-state index >= 15 is 0 Å². The molecular formula is C30H38O2S. The zero-order valence-corrected chi connectivity index (χ0v) is 21.2. The molecule has 0 atom stereocenters. The third-order valence-corrected chi connectivity index (χ3v) is 9.26. The van der Waals surface area contributed by atoms with Gasteiger partial charge in [-0.1, -0.05) is 82.0 Å². The van der Waals surface area contributed by atoms with Gasteiger partial charge in [0.2, 0.25) is 0 Å². The van der Waals surface area contributed by atoms with Crippen LogP contribution in [-0.4, -0.2) is 5.97 Å². The SMILES string of the molecule is CCCCCc1ccc(S(OC(C)=O)(c2ccccc2)c2ccc(CCCCC)cc2)cc1. The Morgan fingerprint density at radius 1 is 0.636 bits per heavy atom. The fourth-order valence-corrected chi connectivity index (χ4v) is 7.23. The van der Waals surface area contributed by atoms with Crippen molar-refractivity contribution < 1.29 is 8.98 Å². The molecule has 0 radical (unpaired) electrons. The predicted octanol–water partition coefficient (Wildman–Crippen LogP) is 8.91. The Hall–Kier alpha value is -2.52. The summed E-state index contributed by atoms with van der Waals surface area (Å²) in [6.45, 7) is 5.98. The van der Waals surface area contributed by atoms with E-state index in [0.29, 0.717) is 0 Å². The average molecular weight is 463 g/mol. The van der Waals surface area contributed by atoms with Crippen molar-refractivity contribution in [1.29, 1.82) is 0 Å². The number of rotatable bonds is 12. The van der Waals surface area contributed by atoms with Crippen molar-refractivity contribution in [3.8, 4) is 0 Å². The first-order chi connectivity index (χ1) is 16.1. The van der Waals surface area contributed by atoms with Gasteiger partial charge in [-0.2, -0.15) is 0 Å². The Morgan fingerprint density at radius 3 is 1.45 bits per heavy atom. The topological polar surface area (TPSA) is 26.3 Å². The smallest absolute Gasteiger partial charge is 0.313 e. The minimum absolute atomic E-state index is 0.257. The molecule has 0 heterocycles. The van der Waals surface area contributed by atoms with Gasteiger partial charge < -0.3 is 4.18 Å². The van der Waals surface area contributed by atoms with Crippen LogP contribution in [0.4, 0.5) is 0 Å². The Labute approximate surface area is 201 Å². The summed E-state index contributed by atoms with van der Waals surface area (Å²) >= 11 is 0. The summed E-state index contributed by atoms with van der Waals surface area (Å²) in [6, 6.07) is 27.7. The van der Waals surface area contributed by atoms with Gasteiger partial charge in [-0.15, -0.1) is 0 Å². The molecule has 33 heavy (non-hydrogen) atoms. The Morgan fingerprint density at radius 2 is 1.06 bits per heavy atom. The van der Waals surface area contributed by atoms with Crippen LogP contribution in [0.25, 0.3) is 0 Å². The number of hydrogen-bond donors (Lipinski definition) is 0. The lowest BCUT2D eigenvalue weighted by atomic mass is 10.1. The lowest BCUT2D eigenvalue weighted by molar-refractivity contribution is -0.131. The van der Waals surface area contributed by atoms with Gasteiger partial charge in [0.1, 0.15) is 0 Å². The maximum atomic E-state index is 12.5. The summed E-state index contributed by atoms with van der Waals surface area (Å²) in [5, 5.41) is 0. The van der Waals surface area contributed by atoms with Crippen LogP contribution in [-0.2, 0) is 21.8 Å². The van der Waals surface area contributed by atoms with Gasteiger partial charge in [0.25, 0.3) is 0 Å². The highest BCUT2D eigenvalue weighted by molar-refractivity contribution is 8.30. The summed E-state index contributed by atoms with van der Waals surface area (Å²) in [5.41, 5.74) is 2.67. The van der Waals surface area contributed by atoms with Crippen molar-refractivity contribution >= 4 is 16.3 Å². The van der Waals surface area contributed by atoms with Crippen LogP contribution in [0.2, 0.25) is 0 Å². The van der Waals surface area contributed by atoms with Crippen LogP contribution in [0.5, 0.6) is 0 Å². The molecule has 2 nitrogen and oxygen atoms in total. The molecule has 0 aromatic heterocycles. The van der Waals surface area contributed by atoms with E-state index in [-0.39, 0.29) is 5.97 Å². The largest absolute Gasteiger partial charge is 0.402 e. The maximum Gasteiger partial charge on any atom is 0.313 e. The second-order valence-electron chi connectivity index (χ2n) is 8.65. The van der Waals surface area contributed by atoms with Gasteiger partial charge in [-0.05, 0) is 83.5 Å². The molecule has 0 aliphatic rings. The first-order valence-corrected chi connectivity index (χ1v) is 13.9. The number of benzene rings is 3. The molecule has 176 valence electrons. The van der Waals surface area contributed by atoms with Crippen LogP contribution >= 0.6 is 10.3 Å². The van der Waals surface area contributed by atoms with E-state index in [0.717, 1.165) is 27.5 Å². The molecule has 0 N–H and O–H groups in total. The van der Waals surface area contributed by atoms with Gasteiger partial charge in [-0.3, -0.25) is 4.79 Å². The zero-order valence-electron chi connectivity index (χ0n) is 20.4. The summed E-state index contributed by atoms with van der Waals surface area (Å²) in [6.07, 6.45) is 9.52. The molecule has 3 heteroatoms. The molecule has 0 saturated heterocycles. The first-order valence-electron chi connectivity index (χ1n) is 12.4. The standard InChI is InChI=1S/C30H38O2S/c1-4-6-9-13-26-17-21-29(22-18-26)33(32-25(3)31,28-15-11-8-12-16-28)30-23-19-27(20-24-30)14-10-7-5-2/h8,11-12,15-24H,4-7,9-10,13-14H2,1-3H3. The van der Waals surface area contributed by atoms with Crippen molar-refractivity contribution in [3.63, 3.8) is 0 Å². The molecule has 3 aromatic rings. The van der Waals surface area contributed by atoms with Crippen LogP contribution < -0.4 is 0 Å². The van der Waals surface area contributed by atoms with Crippen LogP contribution in [0.15, 0.2) is 93.5 Å². The highest BCUT2D eigenvalue weighted by Gasteiger charge is 2.34. The highest BCUT2D eigenvalue weighted by atomic mass is 32.3. The maximum absolute atomic E-state index is 12.5. The molecular weight excluding hydrogens is 424 g/mol. The molecule has 0 saturated carbocycles. The van der Waals surface area contributed by atoms with E-state index in [4.69, 9.17) is 4.18 Å². The molecule has 0 spiro atoms. The number of aryl methyl sites for hydroxylation is 2. The summed E-state index contributed by atoms with van der Waals surface area (Å²) in [4.78, 5) is 15.6. The molecule has 3 rings (SSSR count). The van der Waals surface area contributed by atoms with Crippen LogP contribution in [0, 0.1) is 0 Å². The van der Waals surface area contributed by atoms with Crippen LogP contribution in [0.1, 0.15) is 70.4 Å². The minimum Gasteiger partial charge on any atom is -0.402 e. The van der Waals surface area contributed by atoms with Gasteiger partial charge in [0, 0.05) is 21.6 Å². The van der Waals surface area contributed by atoms with Crippen molar-refractivity contribution in [2.45, 2.75) is 86.8 Å². The second kappa shape index (κ2) is 12.6. The van der Waals surface area contributed by atoms with E-state index in [2.05, 4.69) is 74.5 Å². The van der Waals surface area contributed by atoms with E-state index in [9.17, 15) is 4.79 Å². The predicted molar refractivity (Wildman–Crippen MR) is 140 cm³/mol. The number of carbonyl (C=O) groups excluding carboxylic acids is 1. The normalized spacial score (nSPS) is 11.8. The van der Waals surface area contributed by atoms with E-state index < -0.39 is 10.3 Å². The molecule has 0 aliphatic heterocycles. The highest BCUT2D eigenvalue weighted by Crippen LogP contribution is 2.69. The average Bonchev–Trinajstić information content (AvgIpc) is 2.84. The Kier molecular flexibility index (Phi) is 9.62. The molecule has 0 aliphatic carbocycles. The second-order valence-corrected chi connectivity index (χ2v) is 11.3. The van der Waals surface area contributed by atoms with Gasteiger partial charge in [0.05, 0.1) is 0 Å². The summed E-state index contributed by atoms with van der Waals surface area (Å²) in [5.74, 6) is -0.257. The number of hydrogen-bond acceptors (Lipinski definition) is 2. The third kappa shape index (κ3) is 6.51. The molecule has 0 fully saturated rings. The first kappa shape index (κ1) is 25.1. The molecule has 0 bridgehead atoms. The van der Waals surface area contributed by atoms with Gasteiger partial charge in [0.15, 0.2) is 0 Å². The quantitative estimate of drug-likeness (QED) is 0.251. The molecule has 0 unspecified atom stereocenters. The molecule has 3 aromatic carbocycles. The molecule has 0 amide bonds.